The van der Waals surface area contributed by atoms with Crippen molar-refractivity contribution in [1.29, 1.82) is 0 Å². The van der Waals surface area contributed by atoms with Crippen LogP contribution in [0.4, 0.5) is 0 Å². The average Bonchev–Trinajstić information content (AvgIpc) is 2.89. The van der Waals surface area contributed by atoms with Crippen molar-refractivity contribution in [2.75, 3.05) is 12.3 Å². The van der Waals surface area contributed by atoms with Crippen LogP contribution in [0.25, 0.3) is 0 Å². The molecule has 1 amide bonds. The molecule has 2 N–H and O–H groups in total. The van der Waals surface area contributed by atoms with Gasteiger partial charge in [-0.1, -0.05) is 6.42 Å². The van der Waals surface area contributed by atoms with E-state index in [0.717, 1.165) is 25.8 Å². The zero-order valence-corrected chi connectivity index (χ0v) is 11.4. The van der Waals surface area contributed by atoms with Gasteiger partial charge in [0, 0.05) is 17.7 Å². The van der Waals surface area contributed by atoms with E-state index in [-0.39, 0.29) is 17.7 Å². The van der Waals surface area contributed by atoms with E-state index in [1.807, 2.05) is 11.8 Å². The zero-order chi connectivity index (χ0) is 13.0. The third-order valence-electron chi connectivity index (χ3n) is 3.92. The molecule has 2 fully saturated rings. The molecule has 18 heavy (non-hydrogen) atoms. The first-order valence-corrected chi connectivity index (χ1v) is 7.84. The smallest absolute Gasteiger partial charge is 0.306 e. The van der Waals surface area contributed by atoms with E-state index >= 15 is 0 Å². The highest BCUT2D eigenvalue weighted by Gasteiger charge is 2.31. The highest BCUT2D eigenvalue weighted by Crippen LogP contribution is 2.30. The van der Waals surface area contributed by atoms with Gasteiger partial charge in [-0.05, 0) is 37.9 Å². The summed E-state index contributed by atoms with van der Waals surface area (Å²) in [6.07, 6.45) is 5.36. The van der Waals surface area contributed by atoms with Gasteiger partial charge in [-0.15, -0.1) is 0 Å². The van der Waals surface area contributed by atoms with Crippen LogP contribution in [0.3, 0.4) is 0 Å². The molecule has 0 unspecified atom stereocenters. The summed E-state index contributed by atoms with van der Waals surface area (Å²) in [6.45, 7) is 0.748. The van der Waals surface area contributed by atoms with E-state index in [1.165, 1.54) is 18.6 Å². The summed E-state index contributed by atoms with van der Waals surface area (Å²) in [5.41, 5.74) is 0. The van der Waals surface area contributed by atoms with Gasteiger partial charge < -0.3 is 10.4 Å². The molecule has 1 saturated carbocycles. The maximum Gasteiger partial charge on any atom is 0.306 e. The van der Waals surface area contributed by atoms with Crippen molar-refractivity contribution < 1.29 is 14.7 Å². The summed E-state index contributed by atoms with van der Waals surface area (Å²) < 4.78 is 0. The molecule has 4 nitrogen and oxygen atoms in total. The molecule has 2 aliphatic rings. The summed E-state index contributed by atoms with van der Waals surface area (Å²) in [6, 6.07) is 0. The summed E-state index contributed by atoms with van der Waals surface area (Å²) in [4.78, 5) is 23.0. The lowest BCUT2D eigenvalue weighted by Crippen LogP contribution is -2.38. The monoisotopic (exact) mass is 271 g/mol. The van der Waals surface area contributed by atoms with Gasteiger partial charge in [-0.2, -0.15) is 11.8 Å². The van der Waals surface area contributed by atoms with Gasteiger partial charge in [0.25, 0.3) is 0 Å². The first-order valence-electron chi connectivity index (χ1n) is 6.79. The lowest BCUT2D eigenvalue weighted by atomic mass is 9.81. The molecule has 0 aromatic rings. The Hall–Kier alpha value is -0.710. The predicted molar refractivity (Wildman–Crippen MR) is 71.6 cm³/mol. The molecule has 0 aromatic heterocycles. The van der Waals surface area contributed by atoms with Gasteiger partial charge in [-0.3, -0.25) is 9.59 Å². The van der Waals surface area contributed by atoms with E-state index in [9.17, 15) is 9.59 Å². The van der Waals surface area contributed by atoms with Crippen LogP contribution in [-0.2, 0) is 9.59 Å². The fourth-order valence-electron chi connectivity index (χ4n) is 2.82. The largest absolute Gasteiger partial charge is 0.481 e. The van der Waals surface area contributed by atoms with Crippen molar-refractivity contribution in [3.8, 4) is 0 Å². The Morgan fingerprint density at radius 1 is 1.17 bits per heavy atom. The van der Waals surface area contributed by atoms with Crippen LogP contribution >= 0.6 is 11.8 Å². The number of amides is 1. The second-order valence-electron chi connectivity index (χ2n) is 5.28. The highest BCUT2D eigenvalue weighted by molar-refractivity contribution is 8.00. The number of hydrogen-bond donors (Lipinski definition) is 2. The van der Waals surface area contributed by atoms with Gasteiger partial charge in [0.1, 0.15) is 0 Å². The van der Waals surface area contributed by atoms with Crippen molar-refractivity contribution in [2.24, 2.45) is 11.8 Å². The Morgan fingerprint density at radius 2 is 1.94 bits per heavy atom. The molecule has 1 aliphatic heterocycles. The SMILES string of the molecule is O=C(O)[C@@H]1CCC[C@@H](C(=O)NC[C@@H]2CCCS2)C1. The third-order valence-corrected chi connectivity index (χ3v) is 5.32. The highest BCUT2D eigenvalue weighted by atomic mass is 32.2. The third kappa shape index (κ3) is 3.64. The number of carbonyl (C=O) groups is 2. The molecule has 0 spiro atoms. The number of carboxylic acid groups (broad SMARTS) is 1. The molecule has 1 aliphatic carbocycles. The second kappa shape index (κ2) is 6.45. The number of aliphatic carboxylic acids is 1. The Bertz CT molecular complexity index is 315. The number of rotatable bonds is 4. The van der Waals surface area contributed by atoms with E-state index in [4.69, 9.17) is 5.11 Å². The Kier molecular flexibility index (Phi) is 4.92. The van der Waals surface area contributed by atoms with Gasteiger partial charge in [-0.25, -0.2) is 0 Å². The lowest BCUT2D eigenvalue weighted by Gasteiger charge is -2.26. The number of nitrogens with one attached hydrogen (secondary N) is 1. The van der Waals surface area contributed by atoms with Crippen molar-refractivity contribution in [1.82, 2.24) is 5.32 Å². The quantitative estimate of drug-likeness (QED) is 0.819. The number of thioether (sulfide) groups is 1. The molecule has 1 saturated heterocycles. The van der Waals surface area contributed by atoms with Crippen LogP contribution in [0, 0.1) is 11.8 Å². The van der Waals surface area contributed by atoms with Crippen molar-refractivity contribution in [2.45, 2.75) is 43.8 Å². The van der Waals surface area contributed by atoms with Crippen LogP contribution in [0.1, 0.15) is 38.5 Å². The summed E-state index contributed by atoms with van der Waals surface area (Å²) in [5.74, 6) is 0.0966. The zero-order valence-electron chi connectivity index (χ0n) is 10.6. The predicted octanol–water partition coefficient (Wildman–Crippen LogP) is 1.89. The lowest BCUT2D eigenvalue weighted by molar-refractivity contribution is -0.144. The number of hydrogen-bond acceptors (Lipinski definition) is 3. The van der Waals surface area contributed by atoms with Gasteiger partial charge in [0.05, 0.1) is 5.92 Å². The topological polar surface area (TPSA) is 66.4 Å². The molecule has 1 heterocycles. The van der Waals surface area contributed by atoms with Crippen molar-refractivity contribution in [3.05, 3.63) is 0 Å². The molecular weight excluding hydrogens is 250 g/mol. The van der Waals surface area contributed by atoms with Gasteiger partial charge >= 0.3 is 5.97 Å². The van der Waals surface area contributed by atoms with Gasteiger partial charge in [0.15, 0.2) is 0 Å². The molecule has 0 aromatic carbocycles. The molecule has 0 radical (unpaired) electrons. The van der Waals surface area contributed by atoms with E-state index in [0.29, 0.717) is 11.7 Å². The number of carbonyl (C=O) groups excluding carboxylic acids is 1. The summed E-state index contributed by atoms with van der Waals surface area (Å²) in [7, 11) is 0. The molecule has 2 rings (SSSR count). The van der Waals surface area contributed by atoms with Crippen LogP contribution in [-0.4, -0.2) is 34.5 Å². The van der Waals surface area contributed by atoms with E-state index < -0.39 is 5.97 Å². The molecule has 0 bridgehead atoms. The van der Waals surface area contributed by atoms with Crippen molar-refractivity contribution in [3.63, 3.8) is 0 Å². The minimum atomic E-state index is -0.751. The van der Waals surface area contributed by atoms with Gasteiger partial charge in [0.2, 0.25) is 5.91 Å². The minimum absolute atomic E-state index is 0.0634. The van der Waals surface area contributed by atoms with Crippen LogP contribution in [0.15, 0.2) is 0 Å². The molecular formula is C13H21NO3S. The first kappa shape index (κ1) is 13.7. The molecule has 3 atom stereocenters. The molecule has 102 valence electrons. The fraction of sp³-hybridized carbons (Fsp3) is 0.846. The Morgan fingerprint density at radius 3 is 2.61 bits per heavy atom. The maximum atomic E-state index is 12.0. The number of carboxylic acids is 1. The standard InChI is InChI=1S/C13H21NO3S/c15-12(14-8-11-5-2-6-18-11)9-3-1-4-10(7-9)13(16)17/h9-11H,1-8H2,(H,14,15)(H,16,17)/t9-,10-,11+/m1/s1. The molecule has 5 heteroatoms. The summed E-state index contributed by atoms with van der Waals surface area (Å²) >= 11 is 1.93. The first-order chi connectivity index (χ1) is 8.66. The normalized spacial score (nSPS) is 32.1. The Balaban J connectivity index is 1.75. The fourth-order valence-corrected chi connectivity index (χ4v) is 4.02. The van der Waals surface area contributed by atoms with Crippen LogP contribution in [0.5, 0.6) is 0 Å². The van der Waals surface area contributed by atoms with Crippen LogP contribution in [0.2, 0.25) is 0 Å². The average molecular weight is 271 g/mol. The second-order valence-corrected chi connectivity index (χ2v) is 6.69. The Labute approximate surface area is 112 Å². The van der Waals surface area contributed by atoms with Crippen LogP contribution < -0.4 is 5.32 Å². The minimum Gasteiger partial charge on any atom is -0.481 e. The maximum absolute atomic E-state index is 12.0. The van der Waals surface area contributed by atoms with Crippen molar-refractivity contribution >= 4 is 23.6 Å². The summed E-state index contributed by atoms with van der Waals surface area (Å²) in [5, 5.41) is 12.6. The van der Waals surface area contributed by atoms with E-state index in [2.05, 4.69) is 5.32 Å². The van der Waals surface area contributed by atoms with E-state index in [1.54, 1.807) is 0 Å².